The lowest BCUT2D eigenvalue weighted by Gasteiger charge is -2.02. The third-order valence-electron chi connectivity index (χ3n) is 4.04. The van der Waals surface area contributed by atoms with Crippen LogP contribution in [0.3, 0.4) is 0 Å². The molecule has 0 N–H and O–H groups in total. The molecule has 0 aromatic carbocycles. The van der Waals surface area contributed by atoms with Gasteiger partial charge in [0.15, 0.2) is 11.5 Å². The Morgan fingerprint density at radius 2 is 1.43 bits per heavy atom. The maximum Gasteiger partial charge on any atom is 0.197 e. The summed E-state index contributed by atoms with van der Waals surface area (Å²) in [6, 6.07) is 3.73. The second-order valence-corrected chi connectivity index (χ2v) is 5.97. The lowest BCUT2D eigenvalue weighted by Crippen LogP contribution is -1.96. The Labute approximate surface area is 130 Å². The van der Waals surface area contributed by atoms with Crippen molar-refractivity contribution in [2.75, 3.05) is 0 Å². The molecular weight excluding hydrogens is 260 g/mol. The number of hydrogen-bond donors (Lipinski definition) is 0. The predicted molar refractivity (Wildman–Crippen MR) is 88.9 cm³/mol. The molecule has 0 saturated carbocycles. The second-order valence-electron chi connectivity index (χ2n) is 5.97. The van der Waals surface area contributed by atoms with E-state index in [0.29, 0.717) is 12.2 Å². The van der Waals surface area contributed by atoms with E-state index in [-0.39, 0.29) is 5.78 Å². The van der Waals surface area contributed by atoms with Crippen LogP contribution in [-0.4, -0.2) is 5.78 Å². The molecule has 120 valence electrons. The van der Waals surface area contributed by atoms with Gasteiger partial charge in [0.05, 0.1) is 0 Å². The van der Waals surface area contributed by atoms with Gasteiger partial charge >= 0.3 is 0 Å². The molecule has 0 aliphatic heterocycles. The Balaban J connectivity index is 1.95. The van der Waals surface area contributed by atoms with Crippen LogP contribution in [-0.2, 0) is 6.42 Å². The van der Waals surface area contributed by atoms with Gasteiger partial charge in [0.1, 0.15) is 5.76 Å². The summed E-state index contributed by atoms with van der Waals surface area (Å²) in [5.41, 5.74) is 0. The van der Waals surface area contributed by atoms with Crippen LogP contribution < -0.4 is 0 Å². The highest BCUT2D eigenvalue weighted by molar-refractivity contribution is 5.93. The van der Waals surface area contributed by atoms with E-state index in [0.717, 1.165) is 18.6 Å². The number of carbonyl (C=O) groups is 1. The number of carbonyl (C=O) groups excluding carboxylic acids is 1. The summed E-state index contributed by atoms with van der Waals surface area (Å²) in [6.07, 6.45) is 14.5. The monoisotopic (exact) mass is 292 g/mol. The van der Waals surface area contributed by atoms with Gasteiger partial charge in [-0.3, -0.25) is 4.79 Å². The summed E-state index contributed by atoms with van der Waals surface area (Å²) in [4.78, 5) is 11.9. The SMILES string of the molecule is CCCCCCCCCCCCC(=O)c1ccc(CC)o1. The molecule has 1 rings (SSSR count). The largest absolute Gasteiger partial charge is 0.458 e. The molecule has 21 heavy (non-hydrogen) atoms. The highest BCUT2D eigenvalue weighted by Crippen LogP contribution is 2.14. The van der Waals surface area contributed by atoms with Gasteiger partial charge in [0, 0.05) is 12.8 Å². The molecule has 0 amide bonds. The van der Waals surface area contributed by atoms with Crippen molar-refractivity contribution < 1.29 is 9.21 Å². The van der Waals surface area contributed by atoms with Gasteiger partial charge in [-0.2, -0.15) is 0 Å². The van der Waals surface area contributed by atoms with E-state index < -0.39 is 0 Å². The number of furan rings is 1. The van der Waals surface area contributed by atoms with Crippen LogP contribution in [0, 0.1) is 0 Å². The topological polar surface area (TPSA) is 30.2 Å². The summed E-state index contributed by atoms with van der Waals surface area (Å²) in [6.45, 7) is 4.29. The van der Waals surface area contributed by atoms with Crippen LogP contribution in [0.2, 0.25) is 0 Å². The molecule has 0 fully saturated rings. The molecule has 1 heterocycles. The zero-order valence-electron chi connectivity index (χ0n) is 14.0. The first kappa shape index (κ1) is 18.0. The molecule has 1 aromatic heterocycles. The third-order valence-corrected chi connectivity index (χ3v) is 4.04. The molecule has 0 aliphatic rings. The molecule has 0 unspecified atom stereocenters. The van der Waals surface area contributed by atoms with Gasteiger partial charge in [-0.05, 0) is 18.6 Å². The Hall–Kier alpha value is -1.05. The number of Topliss-reactive ketones (excluding diaryl/α,β-unsaturated/α-hetero) is 1. The average molecular weight is 292 g/mol. The highest BCUT2D eigenvalue weighted by Gasteiger charge is 2.09. The third kappa shape index (κ3) is 8.08. The Kier molecular flexibility index (Phi) is 9.94. The van der Waals surface area contributed by atoms with Crippen LogP contribution in [0.5, 0.6) is 0 Å². The molecule has 1 aromatic rings. The Morgan fingerprint density at radius 3 is 1.95 bits per heavy atom. The first-order chi connectivity index (χ1) is 10.3. The van der Waals surface area contributed by atoms with E-state index >= 15 is 0 Å². The van der Waals surface area contributed by atoms with Gasteiger partial charge in [0.2, 0.25) is 0 Å². The standard InChI is InChI=1S/C19H32O2/c1-3-5-6-7-8-9-10-11-12-13-14-18(20)19-16-15-17(4-2)21-19/h15-16H,3-14H2,1-2H3. The molecule has 0 aliphatic carbocycles. The van der Waals surface area contributed by atoms with Crippen molar-refractivity contribution in [3.8, 4) is 0 Å². The van der Waals surface area contributed by atoms with Crippen molar-refractivity contribution in [1.82, 2.24) is 0 Å². The van der Waals surface area contributed by atoms with Crippen LogP contribution in [0.25, 0.3) is 0 Å². The van der Waals surface area contributed by atoms with Crippen LogP contribution >= 0.6 is 0 Å². The maximum atomic E-state index is 11.9. The number of ketones is 1. The van der Waals surface area contributed by atoms with Gasteiger partial charge in [0.25, 0.3) is 0 Å². The van der Waals surface area contributed by atoms with Gasteiger partial charge in [-0.15, -0.1) is 0 Å². The normalized spacial score (nSPS) is 11.0. The fourth-order valence-corrected chi connectivity index (χ4v) is 2.61. The number of hydrogen-bond acceptors (Lipinski definition) is 2. The number of rotatable bonds is 13. The Morgan fingerprint density at radius 1 is 0.857 bits per heavy atom. The Bertz CT molecular complexity index is 379. The molecule has 0 bridgehead atoms. The zero-order chi connectivity index (χ0) is 15.3. The number of aryl methyl sites for hydroxylation is 1. The number of unbranched alkanes of at least 4 members (excludes halogenated alkanes) is 9. The molecule has 0 atom stereocenters. The van der Waals surface area contributed by atoms with Crippen molar-refractivity contribution in [1.29, 1.82) is 0 Å². The van der Waals surface area contributed by atoms with Crippen molar-refractivity contribution in [2.24, 2.45) is 0 Å². The minimum atomic E-state index is 0.161. The molecule has 0 saturated heterocycles. The van der Waals surface area contributed by atoms with Gasteiger partial charge < -0.3 is 4.42 Å². The van der Waals surface area contributed by atoms with E-state index in [9.17, 15) is 4.79 Å². The van der Waals surface area contributed by atoms with E-state index in [4.69, 9.17) is 4.42 Å². The molecular formula is C19H32O2. The lowest BCUT2D eigenvalue weighted by molar-refractivity contribution is 0.0950. The van der Waals surface area contributed by atoms with E-state index in [1.54, 1.807) is 0 Å². The molecule has 0 spiro atoms. The molecule has 2 heteroatoms. The lowest BCUT2D eigenvalue weighted by atomic mass is 10.0. The highest BCUT2D eigenvalue weighted by atomic mass is 16.3. The van der Waals surface area contributed by atoms with Crippen LogP contribution in [0.15, 0.2) is 16.5 Å². The van der Waals surface area contributed by atoms with Crippen LogP contribution in [0.4, 0.5) is 0 Å². The smallest absolute Gasteiger partial charge is 0.197 e. The van der Waals surface area contributed by atoms with Gasteiger partial charge in [-0.1, -0.05) is 71.6 Å². The van der Waals surface area contributed by atoms with Crippen LogP contribution in [0.1, 0.15) is 101 Å². The van der Waals surface area contributed by atoms with Gasteiger partial charge in [-0.25, -0.2) is 0 Å². The van der Waals surface area contributed by atoms with Crippen molar-refractivity contribution in [3.05, 3.63) is 23.7 Å². The maximum absolute atomic E-state index is 11.9. The zero-order valence-corrected chi connectivity index (χ0v) is 14.0. The fourth-order valence-electron chi connectivity index (χ4n) is 2.61. The minimum absolute atomic E-state index is 0.161. The predicted octanol–water partition coefficient (Wildman–Crippen LogP) is 6.34. The first-order valence-electron chi connectivity index (χ1n) is 8.89. The van der Waals surface area contributed by atoms with E-state index in [1.165, 1.54) is 57.8 Å². The summed E-state index contributed by atoms with van der Waals surface area (Å²) in [7, 11) is 0. The second kappa shape index (κ2) is 11.6. The summed E-state index contributed by atoms with van der Waals surface area (Å²) in [5, 5.41) is 0. The van der Waals surface area contributed by atoms with E-state index in [1.807, 2.05) is 19.1 Å². The molecule has 0 radical (unpaired) electrons. The van der Waals surface area contributed by atoms with Crippen molar-refractivity contribution in [3.63, 3.8) is 0 Å². The van der Waals surface area contributed by atoms with Crippen molar-refractivity contribution in [2.45, 2.75) is 90.9 Å². The summed E-state index contributed by atoms with van der Waals surface area (Å²) in [5.74, 6) is 1.61. The molecule has 2 nitrogen and oxygen atoms in total. The minimum Gasteiger partial charge on any atom is -0.458 e. The first-order valence-corrected chi connectivity index (χ1v) is 8.89. The quantitative estimate of drug-likeness (QED) is 0.314. The average Bonchev–Trinajstić information content (AvgIpc) is 2.98. The summed E-state index contributed by atoms with van der Waals surface area (Å²) < 4.78 is 5.49. The fraction of sp³-hybridized carbons (Fsp3) is 0.737. The van der Waals surface area contributed by atoms with E-state index in [2.05, 4.69) is 6.92 Å². The summed E-state index contributed by atoms with van der Waals surface area (Å²) >= 11 is 0. The van der Waals surface area contributed by atoms with Crippen molar-refractivity contribution >= 4 is 5.78 Å².